The Balaban J connectivity index is 2.19. The average Bonchev–Trinajstić information content (AvgIpc) is 2.41. The Hall–Kier alpha value is -0.810. The van der Waals surface area contributed by atoms with Crippen LogP contribution in [-0.2, 0) is 4.79 Å². The van der Waals surface area contributed by atoms with Crippen LogP contribution in [0, 0.1) is 11.8 Å². The highest BCUT2D eigenvalue weighted by atomic mass is 16.1. The second-order valence-electron chi connectivity index (χ2n) is 3.41. The van der Waals surface area contributed by atoms with Gasteiger partial charge in [0.2, 0.25) is 0 Å². The highest BCUT2D eigenvalue weighted by molar-refractivity contribution is 5.53. The molecule has 0 atom stereocenters. The Morgan fingerprint density at radius 1 is 1.08 bits per heavy atom. The van der Waals surface area contributed by atoms with Crippen LogP contribution >= 0.6 is 0 Å². The van der Waals surface area contributed by atoms with E-state index in [0.29, 0.717) is 6.42 Å². The standard InChI is InChI=1S/C11H17NO/c13-11-7-3-6-10-12-8-4-1-2-5-9-12/h11H,1-2,4-5,7-10H2. The first-order valence-corrected chi connectivity index (χ1v) is 5.05. The van der Waals surface area contributed by atoms with Crippen LogP contribution in [0.4, 0.5) is 0 Å². The lowest BCUT2D eigenvalue weighted by atomic mass is 10.2. The monoisotopic (exact) mass is 179 g/mol. The van der Waals surface area contributed by atoms with Crippen molar-refractivity contribution in [2.75, 3.05) is 19.6 Å². The van der Waals surface area contributed by atoms with Crippen molar-refractivity contribution in [3.63, 3.8) is 0 Å². The highest BCUT2D eigenvalue weighted by Gasteiger charge is 2.06. The zero-order valence-electron chi connectivity index (χ0n) is 8.09. The summed E-state index contributed by atoms with van der Waals surface area (Å²) in [5.74, 6) is 5.87. The summed E-state index contributed by atoms with van der Waals surface area (Å²) in [6, 6.07) is 0. The second-order valence-corrected chi connectivity index (χ2v) is 3.41. The summed E-state index contributed by atoms with van der Waals surface area (Å²) in [7, 11) is 0. The smallest absolute Gasteiger partial charge is 0.131 e. The maximum atomic E-state index is 9.99. The molecule has 0 bridgehead atoms. The normalized spacial score (nSPS) is 18.5. The van der Waals surface area contributed by atoms with Gasteiger partial charge in [-0.3, -0.25) is 4.90 Å². The lowest BCUT2D eigenvalue weighted by Crippen LogP contribution is -2.24. The quantitative estimate of drug-likeness (QED) is 0.472. The summed E-state index contributed by atoms with van der Waals surface area (Å²) in [5.41, 5.74) is 0. The third-order valence-corrected chi connectivity index (χ3v) is 2.31. The average molecular weight is 179 g/mol. The lowest BCUT2D eigenvalue weighted by molar-refractivity contribution is -0.107. The fraction of sp³-hybridized carbons (Fsp3) is 0.727. The Morgan fingerprint density at radius 3 is 2.38 bits per heavy atom. The number of hydrogen-bond acceptors (Lipinski definition) is 2. The third kappa shape index (κ3) is 4.69. The van der Waals surface area contributed by atoms with Crippen molar-refractivity contribution in [1.82, 2.24) is 4.90 Å². The number of carbonyl (C=O) groups is 1. The van der Waals surface area contributed by atoms with Gasteiger partial charge in [-0.1, -0.05) is 24.7 Å². The Labute approximate surface area is 80.3 Å². The van der Waals surface area contributed by atoms with Crippen molar-refractivity contribution in [1.29, 1.82) is 0 Å². The van der Waals surface area contributed by atoms with Crippen LogP contribution in [0.5, 0.6) is 0 Å². The molecule has 1 heterocycles. The fourth-order valence-corrected chi connectivity index (χ4v) is 1.58. The summed E-state index contributed by atoms with van der Waals surface area (Å²) in [4.78, 5) is 12.4. The van der Waals surface area contributed by atoms with E-state index in [9.17, 15) is 4.79 Å². The molecule has 0 amide bonds. The number of nitrogens with zero attached hydrogens (tertiary/aromatic N) is 1. The van der Waals surface area contributed by atoms with Gasteiger partial charge < -0.3 is 4.79 Å². The highest BCUT2D eigenvalue weighted by Crippen LogP contribution is 2.08. The van der Waals surface area contributed by atoms with E-state index in [2.05, 4.69) is 16.7 Å². The minimum atomic E-state index is 0.383. The van der Waals surface area contributed by atoms with Crippen LogP contribution < -0.4 is 0 Å². The maximum absolute atomic E-state index is 9.99. The van der Waals surface area contributed by atoms with Crippen LogP contribution in [0.1, 0.15) is 32.1 Å². The van der Waals surface area contributed by atoms with Crippen LogP contribution in [0.15, 0.2) is 0 Å². The Kier molecular flexibility index (Phi) is 5.28. The van der Waals surface area contributed by atoms with Crippen LogP contribution in [0.3, 0.4) is 0 Å². The molecule has 0 N–H and O–H groups in total. The molecule has 0 aromatic carbocycles. The predicted octanol–water partition coefficient (Wildman–Crippen LogP) is 1.45. The van der Waals surface area contributed by atoms with Gasteiger partial charge in [-0.25, -0.2) is 0 Å². The molecule has 1 saturated heterocycles. The van der Waals surface area contributed by atoms with Crippen molar-refractivity contribution >= 4 is 6.29 Å². The minimum absolute atomic E-state index is 0.383. The molecule has 72 valence electrons. The van der Waals surface area contributed by atoms with E-state index in [4.69, 9.17) is 0 Å². The second kappa shape index (κ2) is 6.68. The minimum Gasteiger partial charge on any atom is -0.302 e. The first-order valence-electron chi connectivity index (χ1n) is 5.05. The summed E-state index contributed by atoms with van der Waals surface area (Å²) >= 11 is 0. The Morgan fingerprint density at radius 2 is 1.77 bits per heavy atom. The van der Waals surface area contributed by atoms with Crippen LogP contribution in [0.25, 0.3) is 0 Å². The number of aldehydes is 1. The molecule has 1 rings (SSSR count). The summed E-state index contributed by atoms with van der Waals surface area (Å²) in [6.45, 7) is 3.19. The zero-order valence-corrected chi connectivity index (χ0v) is 8.09. The van der Waals surface area contributed by atoms with Gasteiger partial charge in [0, 0.05) is 0 Å². The molecule has 0 aromatic heterocycles. The SMILES string of the molecule is O=CCC#CCN1CCCCCC1. The molecule has 1 fully saturated rings. The molecule has 0 aliphatic carbocycles. The predicted molar refractivity (Wildman–Crippen MR) is 53.4 cm³/mol. The Bertz CT molecular complexity index is 194. The van der Waals surface area contributed by atoms with Gasteiger partial charge in [0.25, 0.3) is 0 Å². The van der Waals surface area contributed by atoms with Gasteiger partial charge >= 0.3 is 0 Å². The van der Waals surface area contributed by atoms with E-state index in [1.807, 2.05) is 0 Å². The summed E-state index contributed by atoms with van der Waals surface area (Å²) in [6.07, 6.45) is 6.56. The number of rotatable bonds is 2. The molecule has 0 radical (unpaired) electrons. The van der Waals surface area contributed by atoms with Gasteiger partial charge in [0.15, 0.2) is 0 Å². The third-order valence-electron chi connectivity index (χ3n) is 2.31. The molecule has 13 heavy (non-hydrogen) atoms. The van der Waals surface area contributed by atoms with Crippen molar-refractivity contribution in [2.24, 2.45) is 0 Å². The molecule has 1 aliphatic heterocycles. The van der Waals surface area contributed by atoms with Crippen LogP contribution in [0.2, 0.25) is 0 Å². The molecule has 2 heteroatoms. The van der Waals surface area contributed by atoms with E-state index in [0.717, 1.165) is 12.8 Å². The van der Waals surface area contributed by atoms with Crippen molar-refractivity contribution in [3.05, 3.63) is 0 Å². The lowest BCUT2D eigenvalue weighted by Gasteiger charge is -2.15. The van der Waals surface area contributed by atoms with E-state index in [1.165, 1.54) is 38.8 Å². The molecule has 2 nitrogen and oxygen atoms in total. The van der Waals surface area contributed by atoms with Crippen molar-refractivity contribution in [3.8, 4) is 11.8 Å². The largest absolute Gasteiger partial charge is 0.302 e. The van der Waals surface area contributed by atoms with E-state index in [1.54, 1.807) is 0 Å². The molecule has 0 unspecified atom stereocenters. The number of carbonyl (C=O) groups excluding carboxylic acids is 1. The topological polar surface area (TPSA) is 20.3 Å². The number of hydrogen-bond donors (Lipinski definition) is 0. The van der Waals surface area contributed by atoms with Gasteiger partial charge in [-0.05, 0) is 25.9 Å². The zero-order chi connectivity index (χ0) is 9.36. The first-order chi connectivity index (χ1) is 6.43. The molecular formula is C11H17NO. The fourth-order valence-electron chi connectivity index (χ4n) is 1.58. The molecule has 0 spiro atoms. The van der Waals surface area contributed by atoms with Gasteiger partial charge in [0.05, 0.1) is 13.0 Å². The van der Waals surface area contributed by atoms with E-state index >= 15 is 0 Å². The molecule has 0 aromatic rings. The van der Waals surface area contributed by atoms with Gasteiger partial charge in [-0.15, -0.1) is 0 Å². The molecule has 0 saturated carbocycles. The molecule has 1 aliphatic rings. The van der Waals surface area contributed by atoms with Gasteiger partial charge in [0.1, 0.15) is 6.29 Å². The van der Waals surface area contributed by atoms with Crippen LogP contribution in [-0.4, -0.2) is 30.8 Å². The van der Waals surface area contributed by atoms with Crippen molar-refractivity contribution < 1.29 is 4.79 Å². The van der Waals surface area contributed by atoms with Crippen molar-refractivity contribution in [2.45, 2.75) is 32.1 Å². The maximum Gasteiger partial charge on any atom is 0.131 e. The molecular weight excluding hydrogens is 162 g/mol. The van der Waals surface area contributed by atoms with Gasteiger partial charge in [-0.2, -0.15) is 0 Å². The summed E-state index contributed by atoms with van der Waals surface area (Å²) in [5, 5.41) is 0. The first kappa shape index (κ1) is 10.3. The van der Waals surface area contributed by atoms with E-state index < -0.39 is 0 Å². The summed E-state index contributed by atoms with van der Waals surface area (Å²) < 4.78 is 0. The van der Waals surface area contributed by atoms with E-state index in [-0.39, 0.29) is 0 Å². The number of likely N-dealkylation sites (tertiary alicyclic amines) is 1.